The van der Waals surface area contributed by atoms with Gasteiger partial charge in [-0.1, -0.05) is 32.9 Å². The smallest absolute Gasteiger partial charge is 0.310 e. The van der Waals surface area contributed by atoms with Gasteiger partial charge in [-0.3, -0.25) is 9.59 Å². The van der Waals surface area contributed by atoms with Crippen LogP contribution in [0.1, 0.15) is 52.0 Å². The molecule has 0 saturated carbocycles. The van der Waals surface area contributed by atoms with Crippen LogP contribution in [0.15, 0.2) is 24.3 Å². The van der Waals surface area contributed by atoms with E-state index in [4.69, 9.17) is 5.11 Å². The number of amides is 1. The summed E-state index contributed by atoms with van der Waals surface area (Å²) in [4.78, 5) is 23.0. The highest BCUT2D eigenvalue weighted by atomic mass is 16.4. The van der Waals surface area contributed by atoms with Crippen LogP contribution in [-0.2, 0) is 9.59 Å². The summed E-state index contributed by atoms with van der Waals surface area (Å²) in [6, 6.07) is 7.03. The van der Waals surface area contributed by atoms with Crippen molar-refractivity contribution in [1.29, 1.82) is 0 Å². The van der Waals surface area contributed by atoms with E-state index in [0.717, 1.165) is 6.42 Å². The van der Waals surface area contributed by atoms with Gasteiger partial charge in [-0.2, -0.15) is 0 Å². The molecule has 2 N–H and O–H groups in total. The molecule has 0 aliphatic rings. The fraction of sp³-hybridized carbons (Fsp3) is 0.529. The highest BCUT2D eigenvalue weighted by molar-refractivity contribution is 5.91. The quantitative estimate of drug-likeness (QED) is 0.801. The Bertz CT molecular complexity index is 497. The van der Waals surface area contributed by atoms with Crippen molar-refractivity contribution in [3.63, 3.8) is 0 Å². The summed E-state index contributed by atoms with van der Waals surface area (Å²) >= 11 is 0. The van der Waals surface area contributed by atoms with Crippen LogP contribution < -0.4 is 5.32 Å². The molecule has 2 unspecified atom stereocenters. The molecule has 0 aliphatic carbocycles. The molecule has 0 aromatic heterocycles. The van der Waals surface area contributed by atoms with Crippen molar-refractivity contribution in [3.8, 4) is 0 Å². The molecule has 116 valence electrons. The summed E-state index contributed by atoms with van der Waals surface area (Å²) in [6.45, 7) is 7.99. The first kappa shape index (κ1) is 17.2. The second-order valence-electron chi connectivity index (χ2n) is 6.17. The summed E-state index contributed by atoms with van der Waals surface area (Å²) in [6.07, 6.45) is 1.50. The van der Waals surface area contributed by atoms with Crippen LogP contribution in [0, 0.1) is 11.8 Å². The zero-order valence-electron chi connectivity index (χ0n) is 13.2. The van der Waals surface area contributed by atoms with Crippen LogP contribution in [-0.4, -0.2) is 17.0 Å². The third-order valence-electron chi connectivity index (χ3n) is 3.45. The lowest BCUT2D eigenvalue weighted by Crippen LogP contribution is -2.16. The Hall–Kier alpha value is -1.84. The van der Waals surface area contributed by atoms with Gasteiger partial charge in [0.1, 0.15) is 0 Å². The van der Waals surface area contributed by atoms with E-state index in [-0.39, 0.29) is 5.91 Å². The summed E-state index contributed by atoms with van der Waals surface area (Å²) in [5, 5.41) is 11.9. The van der Waals surface area contributed by atoms with Crippen molar-refractivity contribution in [2.24, 2.45) is 11.8 Å². The largest absolute Gasteiger partial charge is 0.481 e. The zero-order valence-corrected chi connectivity index (χ0v) is 13.2. The minimum absolute atomic E-state index is 0.0247. The van der Waals surface area contributed by atoms with E-state index in [1.807, 2.05) is 0 Å². The van der Waals surface area contributed by atoms with Crippen LogP contribution in [0.5, 0.6) is 0 Å². The van der Waals surface area contributed by atoms with Crippen molar-refractivity contribution >= 4 is 17.6 Å². The van der Waals surface area contributed by atoms with Gasteiger partial charge in [0.2, 0.25) is 5.91 Å². The number of hydrogen-bond acceptors (Lipinski definition) is 2. The minimum atomic E-state index is -0.871. The molecule has 0 saturated heterocycles. The molecule has 0 fully saturated rings. The predicted molar refractivity (Wildman–Crippen MR) is 84.4 cm³/mol. The molecule has 0 bridgehead atoms. The van der Waals surface area contributed by atoms with Crippen LogP contribution in [0.25, 0.3) is 0 Å². The highest BCUT2D eigenvalue weighted by Crippen LogP contribution is 2.20. The molecule has 1 amide bonds. The Morgan fingerprint density at radius 3 is 2.43 bits per heavy atom. The first-order valence-corrected chi connectivity index (χ1v) is 7.42. The fourth-order valence-corrected chi connectivity index (χ4v) is 2.44. The summed E-state index contributed by atoms with van der Waals surface area (Å²) in [5.41, 5.74) is 1.35. The maximum atomic E-state index is 12.0. The van der Waals surface area contributed by atoms with Crippen LogP contribution in [0.2, 0.25) is 0 Å². The van der Waals surface area contributed by atoms with Gasteiger partial charge in [0.15, 0.2) is 0 Å². The fourth-order valence-electron chi connectivity index (χ4n) is 2.44. The van der Waals surface area contributed by atoms with Gasteiger partial charge >= 0.3 is 5.97 Å². The van der Waals surface area contributed by atoms with Crippen molar-refractivity contribution in [2.75, 3.05) is 5.32 Å². The second kappa shape index (κ2) is 7.81. The van der Waals surface area contributed by atoms with Gasteiger partial charge in [0.05, 0.1) is 5.92 Å². The molecular weight excluding hydrogens is 266 g/mol. The molecule has 4 heteroatoms. The van der Waals surface area contributed by atoms with Crippen molar-refractivity contribution < 1.29 is 14.7 Å². The first-order chi connectivity index (χ1) is 9.79. The number of rotatable bonds is 7. The topological polar surface area (TPSA) is 66.4 Å². The maximum Gasteiger partial charge on any atom is 0.310 e. The number of nitrogens with one attached hydrogen (secondary N) is 1. The predicted octanol–water partition coefficient (Wildman–Crippen LogP) is 3.89. The highest BCUT2D eigenvalue weighted by Gasteiger charge is 2.15. The number of carboxylic acid groups (broad SMARTS) is 1. The Labute approximate surface area is 126 Å². The number of carbonyl (C=O) groups excluding carboxylic acids is 1. The number of aliphatic carboxylic acids is 1. The van der Waals surface area contributed by atoms with Crippen LogP contribution in [0.4, 0.5) is 5.69 Å². The van der Waals surface area contributed by atoms with Gasteiger partial charge in [-0.15, -0.1) is 0 Å². The van der Waals surface area contributed by atoms with Crippen LogP contribution >= 0.6 is 0 Å². The average molecular weight is 291 g/mol. The van der Waals surface area contributed by atoms with E-state index in [1.54, 1.807) is 31.2 Å². The third kappa shape index (κ3) is 5.98. The van der Waals surface area contributed by atoms with E-state index in [0.29, 0.717) is 29.5 Å². The monoisotopic (exact) mass is 291 g/mol. The molecule has 1 rings (SSSR count). The van der Waals surface area contributed by atoms with Gasteiger partial charge in [0.25, 0.3) is 0 Å². The molecule has 1 aromatic rings. The molecule has 0 aliphatic heterocycles. The Morgan fingerprint density at radius 2 is 1.86 bits per heavy atom. The SMILES string of the molecule is CC(C)CC(C)CC(=O)Nc1cccc(C(C)C(=O)O)c1. The molecule has 2 atom stereocenters. The van der Waals surface area contributed by atoms with Gasteiger partial charge in [0, 0.05) is 12.1 Å². The molecule has 0 heterocycles. The zero-order chi connectivity index (χ0) is 16.0. The van der Waals surface area contributed by atoms with Crippen molar-refractivity contribution in [3.05, 3.63) is 29.8 Å². The summed E-state index contributed by atoms with van der Waals surface area (Å²) in [7, 11) is 0. The van der Waals surface area contributed by atoms with E-state index in [2.05, 4.69) is 26.1 Å². The molecular formula is C17H25NO3. The van der Waals surface area contributed by atoms with Gasteiger partial charge in [-0.25, -0.2) is 0 Å². The minimum Gasteiger partial charge on any atom is -0.481 e. The van der Waals surface area contributed by atoms with Crippen LogP contribution in [0.3, 0.4) is 0 Å². The second-order valence-corrected chi connectivity index (χ2v) is 6.17. The Balaban J connectivity index is 2.64. The average Bonchev–Trinajstić information content (AvgIpc) is 2.36. The third-order valence-corrected chi connectivity index (χ3v) is 3.45. The maximum absolute atomic E-state index is 12.0. The first-order valence-electron chi connectivity index (χ1n) is 7.42. The van der Waals surface area contributed by atoms with Crippen molar-refractivity contribution in [1.82, 2.24) is 0 Å². The van der Waals surface area contributed by atoms with E-state index >= 15 is 0 Å². The number of benzene rings is 1. The number of hydrogen-bond donors (Lipinski definition) is 2. The van der Waals surface area contributed by atoms with Crippen molar-refractivity contribution in [2.45, 2.75) is 46.5 Å². The normalized spacial score (nSPS) is 13.8. The van der Waals surface area contributed by atoms with Gasteiger partial charge < -0.3 is 10.4 Å². The summed E-state index contributed by atoms with van der Waals surface area (Å²) in [5.74, 6) is -0.562. The number of carboxylic acids is 1. The lowest BCUT2D eigenvalue weighted by Gasteiger charge is -2.14. The Kier molecular flexibility index (Phi) is 6.40. The van der Waals surface area contributed by atoms with E-state index < -0.39 is 11.9 Å². The molecule has 21 heavy (non-hydrogen) atoms. The number of anilines is 1. The van der Waals surface area contributed by atoms with Gasteiger partial charge in [-0.05, 0) is 42.9 Å². The molecule has 0 spiro atoms. The molecule has 0 radical (unpaired) electrons. The Morgan fingerprint density at radius 1 is 1.19 bits per heavy atom. The van der Waals surface area contributed by atoms with E-state index in [1.165, 1.54) is 0 Å². The lowest BCUT2D eigenvalue weighted by molar-refractivity contribution is -0.138. The lowest BCUT2D eigenvalue weighted by atomic mass is 9.95. The molecule has 1 aromatic carbocycles. The number of carbonyl (C=O) groups is 2. The summed E-state index contributed by atoms with van der Waals surface area (Å²) < 4.78 is 0. The molecule has 4 nitrogen and oxygen atoms in total. The standard InChI is InChI=1S/C17H25NO3/c1-11(2)8-12(3)9-16(19)18-15-7-5-6-14(10-15)13(4)17(20)21/h5-7,10-13H,8-9H2,1-4H3,(H,18,19)(H,20,21). The van der Waals surface area contributed by atoms with E-state index in [9.17, 15) is 9.59 Å².